The summed E-state index contributed by atoms with van der Waals surface area (Å²) in [5, 5.41) is 5.42. The summed E-state index contributed by atoms with van der Waals surface area (Å²) in [5.41, 5.74) is 3.75. The van der Waals surface area contributed by atoms with Crippen LogP contribution >= 0.6 is 23.2 Å². The van der Waals surface area contributed by atoms with Gasteiger partial charge in [-0.15, -0.1) is 0 Å². The van der Waals surface area contributed by atoms with E-state index in [9.17, 15) is 0 Å². The molecule has 30 heavy (non-hydrogen) atoms. The predicted octanol–water partition coefficient (Wildman–Crippen LogP) is 6.32. The van der Waals surface area contributed by atoms with Crippen molar-refractivity contribution in [2.45, 2.75) is 25.6 Å². The second-order valence-corrected chi connectivity index (χ2v) is 7.79. The Balaban J connectivity index is 1.50. The van der Waals surface area contributed by atoms with Gasteiger partial charge in [-0.1, -0.05) is 76.9 Å². The minimum atomic E-state index is -0.0708. The largest absolute Gasteiger partial charge is 0.493 e. The van der Waals surface area contributed by atoms with Crippen molar-refractivity contribution in [2.75, 3.05) is 7.11 Å². The average molecular weight is 442 g/mol. The van der Waals surface area contributed by atoms with Gasteiger partial charge in [0.05, 0.1) is 12.8 Å². The fourth-order valence-electron chi connectivity index (χ4n) is 3.45. The number of ether oxygens (including phenoxy) is 2. The molecule has 1 aliphatic rings. The number of para-hydroxylation sites is 1. The summed E-state index contributed by atoms with van der Waals surface area (Å²) in [6.45, 7) is 0.239. The molecule has 0 aromatic heterocycles. The molecule has 0 aliphatic carbocycles. The summed E-state index contributed by atoms with van der Waals surface area (Å²) in [4.78, 5) is 5.70. The van der Waals surface area contributed by atoms with E-state index in [1.807, 2.05) is 54.6 Å². The topological polar surface area (TPSA) is 40.0 Å². The predicted molar refractivity (Wildman–Crippen MR) is 120 cm³/mol. The summed E-state index contributed by atoms with van der Waals surface area (Å²) >= 11 is 12.6. The standard InChI is InChI=1S/C24H21Cl2NO3/c1-28-23-12-5-9-17(24(23)29-15-19-20(25)10-6-11-21(19)26)13-18-14-22(27-30-18)16-7-3-2-4-8-16/h2-12,18H,13-15H2,1H3. The lowest BCUT2D eigenvalue weighted by Gasteiger charge is -2.17. The van der Waals surface area contributed by atoms with Gasteiger partial charge in [-0.3, -0.25) is 0 Å². The van der Waals surface area contributed by atoms with E-state index < -0.39 is 0 Å². The molecule has 6 heteroatoms. The highest BCUT2D eigenvalue weighted by molar-refractivity contribution is 6.35. The highest BCUT2D eigenvalue weighted by atomic mass is 35.5. The van der Waals surface area contributed by atoms with Gasteiger partial charge in [-0.25, -0.2) is 0 Å². The van der Waals surface area contributed by atoms with E-state index in [1.165, 1.54) is 0 Å². The molecule has 0 spiro atoms. The molecule has 0 amide bonds. The molecular formula is C24H21Cl2NO3. The molecule has 0 bridgehead atoms. The van der Waals surface area contributed by atoms with Crippen LogP contribution in [0.1, 0.15) is 23.1 Å². The highest BCUT2D eigenvalue weighted by Gasteiger charge is 2.25. The molecule has 3 aromatic carbocycles. The Hall–Kier alpha value is -2.69. The maximum absolute atomic E-state index is 6.29. The first-order chi connectivity index (χ1) is 14.7. The minimum absolute atomic E-state index is 0.0708. The normalized spacial score (nSPS) is 15.4. The third kappa shape index (κ3) is 4.55. The fourth-order valence-corrected chi connectivity index (χ4v) is 3.95. The van der Waals surface area contributed by atoms with Gasteiger partial charge in [0.1, 0.15) is 12.7 Å². The Bertz CT molecular complexity index is 1030. The third-order valence-electron chi connectivity index (χ3n) is 4.99. The van der Waals surface area contributed by atoms with Crippen LogP contribution in [0.25, 0.3) is 0 Å². The number of hydrogen-bond acceptors (Lipinski definition) is 4. The number of oxime groups is 1. The molecular weight excluding hydrogens is 421 g/mol. The number of hydrogen-bond donors (Lipinski definition) is 0. The van der Waals surface area contributed by atoms with Crippen LogP contribution in [0.15, 0.2) is 71.9 Å². The molecule has 0 radical (unpaired) electrons. The van der Waals surface area contributed by atoms with E-state index in [4.69, 9.17) is 37.5 Å². The van der Waals surface area contributed by atoms with E-state index in [2.05, 4.69) is 5.16 Å². The first-order valence-electron chi connectivity index (χ1n) is 9.65. The summed E-state index contributed by atoms with van der Waals surface area (Å²) < 4.78 is 11.7. The van der Waals surface area contributed by atoms with E-state index in [-0.39, 0.29) is 12.7 Å². The summed E-state index contributed by atoms with van der Waals surface area (Å²) in [5.74, 6) is 1.31. The lowest BCUT2D eigenvalue weighted by Crippen LogP contribution is -2.13. The van der Waals surface area contributed by atoms with Gasteiger partial charge in [0, 0.05) is 34.0 Å². The number of halogens is 2. The zero-order valence-corrected chi connectivity index (χ0v) is 18.0. The second-order valence-electron chi connectivity index (χ2n) is 6.98. The van der Waals surface area contributed by atoms with Crippen LogP contribution in [0, 0.1) is 0 Å². The Morgan fingerprint density at radius 2 is 1.70 bits per heavy atom. The van der Waals surface area contributed by atoms with Crippen molar-refractivity contribution < 1.29 is 14.3 Å². The molecule has 3 aromatic rings. The van der Waals surface area contributed by atoms with Crippen molar-refractivity contribution in [3.05, 3.63) is 93.5 Å². The molecule has 1 heterocycles. The smallest absolute Gasteiger partial charge is 0.164 e. The average Bonchev–Trinajstić information content (AvgIpc) is 3.23. The van der Waals surface area contributed by atoms with Crippen molar-refractivity contribution in [1.29, 1.82) is 0 Å². The van der Waals surface area contributed by atoms with Crippen LogP contribution in [0.3, 0.4) is 0 Å². The van der Waals surface area contributed by atoms with Crippen molar-refractivity contribution >= 4 is 28.9 Å². The molecule has 0 N–H and O–H groups in total. The summed E-state index contributed by atoms with van der Waals surface area (Å²) in [7, 11) is 1.62. The van der Waals surface area contributed by atoms with Gasteiger partial charge >= 0.3 is 0 Å². The van der Waals surface area contributed by atoms with Gasteiger partial charge in [-0.05, 0) is 23.8 Å². The molecule has 0 fully saturated rings. The lowest BCUT2D eigenvalue weighted by atomic mass is 9.99. The van der Waals surface area contributed by atoms with Gasteiger partial charge in [-0.2, -0.15) is 0 Å². The van der Waals surface area contributed by atoms with Crippen LogP contribution in [0.2, 0.25) is 10.0 Å². The van der Waals surface area contributed by atoms with E-state index in [0.717, 1.165) is 28.8 Å². The fraction of sp³-hybridized carbons (Fsp3) is 0.208. The SMILES string of the molecule is COc1cccc(CC2CC(c3ccccc3)=NO2)c1OCc1c(Cl)cccc1Cl. The molecule has 1 unspecified atom stereocenters. The summed E-state index contributed by atoms with van der Waals surface area (Å²) in [6, 6.07) is 21.3. The monoisotopic (exact) mass is 441 g/mol. The van der Waals surface area contributed by atoms with Crippen LogP contribution in [0.4, 0.5) is 0 Å². The molecule has 0 saturated carbocycles. The van der Waals surface area contributed by atoms with E-state index >= 15 is 0 Å². The van der Waals surface area contributed by atoms with E-state index in [1.54, 1.807) is 19.2 Å². The molecule has 1 atom stereocenters. The molecule has 1 aliphatic heterocycles. The molecule has 154 valence electrons. The Morgan fingerprint density at radius 3 is 2.43 bits per heavy atom. The van der Waals surface area contributed by atoms with Crippen molar-refractivity contribution in [3.63, 3.8) is 0 Å². The van der Waals surface area contributed by atoms with Crippen molar-refractivity contribution in [1.82, 2.24) is 0 Å². The Kier molecular flexibility index (Phi) is 6.46. The number of methoxy groups -OCH3 is 1. The zero-order valence-electron chi connectivity index (χ0n) is 16.5. The van der Waals surface area contributed by atoms with Gasteiger partial charge in [0.25, 0.3) is 0 Å². The minimum Gasteiger partial charge on any atom is -0.493 e. The first kappa shape index (κ1) is 20.6. The molecule has 0 saturated heterocycles. The summed E-state index contributed by atoms with van der Waals surface area (Å²) in [6.07, 6.45) is 1.30. The van der Waals surface area contributed by atoms with Crippen LogP contribution in [-0.4, -0.2) is 18.9 Å². The second kappa shape index (κ2) is 9.41. The van der Waals surface area contributed by atoms with Crippen molar-refractivity contribution in [3.8, 4) is 11.5 Å². The quantitative estimate of drug-likeness (QED) is 0.430. The van der Waals surface area contributed by atoms with E-state index in [0.29, 0.717) is 28.0 Å². The molecule has 4 nitrogen and oxygen atoms in total. The van der Waals surface area contributed by atoms with Crippen LogP contribution in [-0.2, 0) is 17.9 Å². The lowest BCUT2D eigenvalue weighted by molar-refractivity contribution is 0.0851. The zero-order chi connectivity index (χ0) is 20.9. The number of nitrogens with zero attached hydrogens (tertiary/aromatic N) is 1. The Morgan fingerprint density at radius 1 is 0.967 bits per heavy atom. The van der Waals surface area contributed by atoms with Crippen molar-refractivity contribution in [2.24, 2.45) is 5.16 Å². The Labute approximate surface area is 186 Å². The third-order valence-corrected chi connectivity index (χ3v) is 5.70. The number of rotatable bonds is 7. The maximum atomic E-state index is 6.29. The van der Waals surface area contributed by atoms with Crippen LogP contribution < -0.4 is 9.47 Å². The maximum Gasteiger partial charge on any atom is 0.164 e. The van der Waals surface area contributed by atoms with Gasteiger partial charge in [0.15, 0.2) is 11.5 Å². The van der Waals surface area contributed by atoms with Gasteiger partial charge < -0.3 is 14.3 Å². The van der Waals surface area contributed by atoms with Gasteiger partial charge in [0.2, 0.25) is 0 Å². The first-order valence-corrected chi connectivity index (χ1v) is 10.4. The highest BCUT2D eigenvalue weighted by Crippen LogP contribution is 2.35. The van der Waals surface area contributed by atoms with Crippen LogP contribution in [0.5, 0.6) is 11.5 Å². The number of benzene rings is 3. The molecule has 4 rings (SSSR count).